The number of halogens is 4. The highest BCUT2D eigenvalue weighted by Gasteiger charge is 2.31. The monoisotopic (exact) mass is 394 g/mol. The molecule has 0 fully saturated rings. The van der Waals surface area contributed by atoms with E-state index in [2.05, 4.69) is 10.1 Å². The summed E-state index contributed by atoms with van der Waals surface area (Å²) in [5.74, 6) is -1.56. The summed E-state index contributed by atoms with van der Waals surface area (Å²) in [7, 11) is 0. The molecular formula is C18H14F4N4O2. The minimum Gasteiger partial charge on any atom is -0.392 e. The second kappa shape index (κ2) is 7.39. The predicted octanol–water partition coefficient (Wildman–Crippen LogP) is 2.61. The molecule has 0 radical (unpaired) electrons. The van der Waals surface area contributed by atoms with Crippen molar-refractivity contribution < 1.29 is 27.5 Å². The maximum atomic E-state index is 13.6. The Hall–Kier alpha value is -3.27. The van der Waals surface area contributed by atoms with Crippen molar-refractivity contribution in [2.75, 3.05) is 0 Å². The number of amides is 1. The van der Waals surface area contributed by atoms with Crippen molar-refractivity contribution in [3.05, 3.63) is 76.5 Å². The van der Waals surface area contributed by atoms with Gasteiger partial charge in [0.05, 0.1) is 12.2 Å². The zero-order chi connectivity index (χ0) is 20.5. The lowest BCUT2D eigenvalue weighted by Crippen LogP contribution is -2.14. The quantitative estimate of drug-likeness (QED) is 0.651. The zero-order valence-electron chi connectivity index (χ0n) is 14.2. The molecule has 0 aliphatic heterocycles. The lowest BCUT2D eigenvalue weighted by Gasteiger charge is -2.10. The average molecular weight is 394 g/mol. The third-order valence-corrected chi connectivity index (χ3v) is 3.89. The summed E-state index contributed by atoms with van der Waals surface area (Å²) < 4.78 is 53.4. The smallest absolute Gasteiger partial charge is 0.392 e. The van der Waals surface area contributed by atoms with Crippen LogP contribution in [0.4, 0.5) is 17.6 Å². The van der Waals surface area contributed by atoms with E-state index in [1.165, 1.54) is 10.9 Å². The number of hydrogen-bond acceptors (Lipinski definition) is 4. The van der Waals surface area contributed by atoms with Crippen LogP contribution in [-0.2, 0) is 19.2 Å². The molecule has 146 valence electrons. The summed E-state index contributed by atoms with van der Waals surface area (Å²) in [6.45, 7) is -0.457. The molecular weight excluding hydrogens is 380 g/mol. The first-order valence-electron chi connectivity index (χ1n) is 7.99. The number of aromatic nitrogens is 3. The largest absolute Gasteiger partial charge is 0.416 e. The van der Waals surface area contributed by atoms with E-state index in [9.17, 15) is 27.5 Å². The third-order valence-electron chi connectivity index (χ3n) is 3.89. The van der Waals surface area contributed by atoms with Crippen LogP contribution in [0.1, 0.15) is 32.9 Å². The topological polar surface area (TPSA) is 94.0 Å². The summed E-state index contributed by atoms with van der Waals surface area (Å²) in [6.07, 6.45) is -3.34. The number of benzene rings is 1. The Morgan fingerprint density at radius 3 is 2.57 bits per heavy atom. The summed E-state index contributed by atoms with van der Waals surface area (Å²) in [4.78, 5) is 15.6. The lowest BCUT2D eigenvalue weighted by molar-refractivity contribution is -0.137. The molecule has 0 unspecified atom stereocenters. The van der Waals surface area contributed by atoms with Crippen molar-refractivity contribution in [3.63, 3.8) is 0 Å². The molecule has 0 atom stereocenters. The van der Waals surface area contributed by atoms with Gasteiger partial charge in [0.2, 0.25) is 0 Å². The Balaban J connectivity index is 1.93. The Labute approximate surface area is 156 Å². The van der Waals surface area contributed by atoms with Gasteiger partial charge in [-0.25, -0.2) is 14.1 Å². The minimum atomic E-state index is -4.66. The summed E-state index contributed by atoms with van der Waals surface area (Å²) in [6, 6.07) is 7.00. The number of carbonyl (C=O) groups is 1. The van der Waals surface area contributed by atoms with Crippen molar-refractivity contribution in [2.45, 2.75) is 19.2 Å². The molecule has 28 heavy (non-hydrogen) atoms. The van der Waals surface area contributed by atoms with E-state index in [-0.39, 0.29) is 29.1 Å². The maximum Gasteiger partial charge on any atom is 0.416 e. The van der Waals surface area contributed by atoms with Crippen LogP contribution < -0.4 is 5.73 Å². The normalized spacial score (nSPS) is 11.6. The fraction of sp³-hybridized carbons (Fsp3) is 0.167. The highest BCUT2D eigenvalue weighted by molar-refractivity contribution is 5.92. The minimum absolute atomic E-state index is 0.0501. The molecule has 0 saturated carbocycles. The highest BCUT2D eigenvalue weighted by Crippen LogP contribution is 2.30. The van der Waals surface area contributed by atoms with Crippen LogP contribution in [0.3, 0.4) is 0 Å². The van der Waals surface area contributed by atoms with Crippen LogP contribution in [0.15, 0.2) is 42.6 Å². The van der Waals surface area contributed by atoms with Crippen LogP contribution in [0.2, 0.25) is 0 Å². The second-order valence-corrected chi connectivity index (χ2v) is 5.98. The number of pyridine rings is 1. The average Bonchev–Trinajstić information content (AvgIpc) is 3.05. The second-order valence-electron chi connectivity index (χ2n) is 5.98. The van der Waals surface area contributed by atoms with Gasteiger partial charge >= 0.3 is 6.18 Å². The number of primary amides is 1. The number of nitrogens with two attached hydrogens (primary N) is 1. The van der Waals surface area contributed by atoms with Crippen LogP contribution >= 0.6 is 0 Å². The molecule has 1 amide bonds. The summed E-state index contributed by atoms with van der Waals surface area (Å²) >= 11 is 0. The Bertz CT molecular complexity index is 1030. The van der Waals surface area contributed by atoms with E-state index in [0.29, 0.717) is 11.8 Å². The molecule has 3 aromatic rings. The fourth-order valence-corrected chi connectivity index (χ4v) is 2.67. The van der Waals surface area contributed by atoms with Gasteiger partial charge in [-0.15, -0.1) is 0 Å². The van der Waals surface area contributed by atoms with Crippen molar-refractivity contribution >= 4 is 5.91 Å². The van der Waals surface area contributed by atoms with Gasteiger partial charge in [0.25, 0.3) is 5.91 Å². The molecule has 0 saturated heterocycles. The van der Waals surface area contributed by atoms with Gasteiger partial charge in [-0.2, -0.15) is 18.3 Å². The van der Waals surface area contributed by atoms with Gasteiger partial charge in [-0.1, -0.05) is 6.07 Å². The first-order valence-corrected chi connectivity index (χ1v) is 7.99. The van der Waals surface area contributed by atoms with E-state index >= 15 is 0 Å². The highest BCUT2D eigenvalue weighted by atomic mass is 19.4. The van der Waals surface area contributed by atoms with Gasteiger partial charge in [0.15, 0.2) is 11.5 Å². The van der Waals surface area contributed by atoms with Crippen molar-refractivity contribution in [2.24, 2.45) is 5.73 Å². The van der Waals surface area contributed by atoms with Crippen LogP contribution in [0, 0.1) is 5.82 Å². The predicted molar refractivity (Wildman–Crippen MR) is 90.0 cm³/mol. The van der Waals surface area contributed by atoms with Crippen LogP contribution in [-0.4, -0.2) is 25.8 Å². The molecule has 6 nitrogen and oxygen atoms in total. The molecule has 2 heterocycles. The van der Waals surface area contributed by atoms with E-state index in [1.807, 2.05) is 0 Å². The number of hydrogen-bond donors (Lipinski definition) is 2. The first-order chi connectivity index (χ1) is 13.2. The Morgan fingerprint density at radius 1 is 1.21 bits per heavy atom. The van der Waals surface area contributed by atoms with Crippen LogP contribution in [0.25, 0.3) is 5.82 Å². The number of rotatable bonds is 5. The molecule has 0 bridgehead atoms. The van der Waals surface area contributed by atoms with Crippen molar-refractivity contribution in [1.29, 1.82) is 0 Å². The number of nitrogens with zero attached hydrogens (tertiary/aromatic N) is 3. The molecule has 1 aromatic carbocycles. The van der Waals surface area contributed by atoms with E-state index < -0.39 is 30.1 Å². The van der Waals surface area contributed by atoms with Gasteiger partial charge < -0.3 is 10.8 Å². The van der Waals surface area contributed by atoms with Gasteiger partial charge in [0, 0.05) is 23.9 Å². The number of aliphatic hydroxyl groups is 1. The first kappa shape index (κ1) is 19.5. The SMILES string of the molecule is NC(=O)c1nn(-c2cccc(Cc3cc(F)cc(C(F)(F)F)c3)n2)cc1CO. The molecule has 2 aromatic heterocycles. The van der Waals surface area contributed by atoms with Gasteiger partial charge in [-0.3, -0.25) is 4.79 Å². The maximum absolute atomic E-state index is 13.6. The van der Waals surface area contributed by atoms with Gasteiger partial charge in [-0.05, 0) is 35.9 Å². The molecule has 0 aliphatic carbocycles. The Morgan fingerprint density at radius 2 is 1.96 bits per heavy atom. The standard InChI is InChI=1S/C18H14F4N4O2/c19-13-5-10(4-12(7-13)18(20,21)22)6-14-2-1-3-15(24-14)26-8-11(9-27)16(25-26)17(23)28/h1-5,7-8,27H,6,9H2,(H2,23,28). The van der Waals surface area contributed by atoms with Crippen molar-refractivity contribution in [1.82, 2.24) is 14.8 Å². The third kappa shape index (κ3) is 4.17. The number of carbonyl (C=O) groups excluding carboxylic acids is 1. The Kier molecular flexibility index (Phi) is 5.14. The molecule has 3 rings (SSSR count). The fourth-order valence-electron chi connectivity index (χ4n) is 2.67. The lowest BCUT2D eigenvalue weighted by atomic mass is 10.1. The molecule has 10 heteroatoms. The van der Waals surface area contributed by atoms with E-state index in [0.717, 1.165) is 12.1 Å². The number of aliphatic hydroxyl groups excluding tert-OH is 1. The summed E-state index contributed by atoms with van der Waals surface area (Å²) in [5.41, 5.74) is 4.68. The van der Waals surface area contributed by atoms with Crippen molar-refractivity contribution in [3.8, 4) is 5.82 Å². The summed E-state index contributed by atoms with van der Waals surface area (Å²) in [5, 5.41) is 13.3. The van der Waals surface area contributed by atoms with Crippen LogP contribution in [0.5, 0.6) is 0 Å². The molecule has 0 aliphatic rings. The van der Waals surface area contributed by atoms with Gasteiger partial charge in [0.1, 0.15) is 5.82 Å². The van der Waals surface area contributed by atoms with E-state index in [1.54, 1.807) is 18.2 Å². The molecule has 3 N–H and O–H groups in total. The zero-order valence-corrected chi connectivity index (χ0v) is 14.2. The van der Waals surface area contributed by atoms with E-state index in [4.69, 9.17) is 5.73 Å². The number of alkyl halides is 3. The molecule has 0 spiro atoms.